The summed E-state index contributed by atoms with van der Waals surface area (Å²) >= 11 is 0. The van der Waals surface area contributed by atoms with Crippen molar-refractivity contribution in [1.29, 1.82) is 0 Å². The zero-order valence-electron chi connectivity index (χ0n) is 6.83. The first-order valence-electron chi connectivity index (χ1n) is 3.44. The molecule has 0 bridgehead atoms. The van der Waals surface area contributed by atoms with Crippen LogP contribution in [0.5, 0.6) is 0 Å². The van der Waals surface area contributed by atoms with Gasteiger partial charge in [-0.15, -0.1) is 0 Å². The van der Waals surface area contributed by atoms with Crippen LogP contribution in [0.15, 0.2) is 12.2 Å². The van der Waals surface area contributed by atoms with Crippen molar-refractivity contribution in [1.82, 2.24) is 0 Å². The second-order valence-electron chi connectivity index (χ2n) is 3.42. The molecule has 0 spiro atoms. The van der Waals surface area contributed by atoms with E-state index in [2.05, 4.69) is 0 Å². The fourth-order valence-electron chi connectivity index (χ4n) is 0.478. The predicted molar refractivity (Wildman–Crippen MR) is 41.7 cm³/mol. The van der Waals surface area contributed by atoms with Crippen LogP contribution in [0.3, 0.4) is 0 Å². The molecule has 1 atom stereocenters. The highest BCUT2D eigenvalue weighted by Crippen LogP contribution is 2.19. The molecule has 0 heterocycles. The van der Waals surface area contributed by atoms with Gasteiger partial charge in [-0.25, -0.2) is 0 Å². The van der Waals surface area contributed by atoms with Crippen molar-refractivity contribution in [3.8, 4) is 0 Å². The normalized spacial score (nSPS) is 16.1. The van der Waals surface area contributed by atoms with Gasteiger partial charge in [0.2, 0.25) is 0 Å². The Morgan fingerprint density at radius 2 is 1.90 bits per heavy atom. The molecular weight excluding hydrogens is 128 g/mol. The van der Waals surface area contributed by atoms with Crippen LogP contribution >= 0.6 is 0 Å². The average Bonchev–Trinajstić information content (AvgIpc) is 1.80. The average molecular weight is 144 g/mol. The van der Waals surface area contributed by atoms with Crippen molar-refractivity contribution >= 4 is 0 Å². The zero-order valence-corrected chi connectivity index (χ0v) is 6.83. The standard InChI is InChI=1S/C8H16O2/c1-8(2,3)7(10)5-4-6-9/h4-5,7,9-10H,6H2,1-3H3/b5-4+. The van der Waals surface area contributed by atoms with E-state index in [1.54, 1.807) is 12.2 Å². The summed E-state index contributed by atoms with van der Waals surface area (Å²) in [6.45, 7) is 5.82. The molecule has 0 aromatic rings. The molecule has 10 heavy (non-hydrogen) atoms. The number of hydrogen-bond acceptors (Lipinski definition) is 2. The topological polar surface area (TPSA) is 40.5 Å². The van der Waals surface area contributed by atoms with E-state index in [1.807, 2.05) is 20.8 Å². The third kappa shape index (κ3) is 3.64. The fourth-order valence-corrected chi connectivity index (χ4v) is 0.478. The lowest BCUT2D eigenvalue weighted by Gasteiger charge is -2.22. The SMILES string of the molecule is CC(C)(C)C(O)/C=C/CO. The van der Waals surface area contributed by atoms with Gasteiger partial charge in [0, 0.05) is 0 Å². The van der Waals surface area contributed by atoms with Crippen molar-refractivity contribution in [3.05, 3.63) is 12.2 Å². The molecule has 1 unspecified atom stereocenters. The highest BCUT2D eigenvalue weighted by Gasteiger charge is 2.18. The van der Waals surface area contributed by atoms with E-state index >= 15 is 0 Å². The molecule has 0 aromatic carbocycles. The molecule has 0 amide bonds. The molecule has 2 heteroatoms. The highest BCUT2D eigenvalue weighted by atomic mass is 16.3. The third-order valence-electron chi connectivity index (χ3n) is 1.31. The van der Waals surface area contributed by atoms with Crippen LogP contribution in [-0.4, -0.2) is 22.9 Å². The predicted octanol–water partition coefficient (Wildman–Crippen LogP) is 0.942. The maximum absolute atomic E-state index is 9.32. The van der Waals surface area contributed by atoms with Gasteiger partial charge in [0.1, 0.15) is 0 Å². The van der Waals surface area contributed by atoms with E-state index in [1.165, 1.54) is 0 Å². The molecule has 0 radical (unpaired) electrons. The minimum absolute atomic E-state index is 0.00681. The Morgan fingerprint density at radius 1 is 1.40 bits per heavy atom. The Bertz CT molecular complexity index is 111. The van der Waals surface area contributed by atoms with Crippen LogP contribution in [0.4, 0.5) is 0 Å². The van der Waals surface area contributed by atoms with Crippen LogP contribution in [0.1, 0.15) is 20.8 Å². The molecule has 2 N–H and O–H groups in total. The number of aliphatic hydroxyl groups excluding tert-OH is 2. The number of rotatable bonds is 2. The van der Waals surface area contributed by atoms with E-state index in [4.69, 9.17) is 5.11 Å². The minimum atomic E-state index is -0.473. The molecular formula is C8H16O2. The monoisotopic (exact) mass is 144 g/mol. The summed E-state index contributed by atoms with van der Waals surface area (Å²) in [6.07, 6.45) is 2.69. The Kier molecular flexibility index (Phi) is 3.61. The van der Waals surface area contributed by atoms with Crippen molar-refractivity contribution in [2.24, 2.45) is 5.41 Å². The highest BCUT2D eigenvalue weighted by molar-refractivity contribution is 4.93. The summed E-state index contributed by atoms with van der Waals surface area (Å²) in [5.41, 5.74) is -0.133. The molecule has 0 rings (SSSR count). The molecule has 0 saturated carbocycles. The zero-order chi connectivity index (χ0) is 8.20. The van der Waals surface area contributed by atoms with Gasteiger partial charge >= 0.3 is 0 Å². The molecule has 0 aliphatic rings. The van der Waals surface area contributed by atoms with Gasteiger partial charge in [0.25, 0.3) is 0 Å². The van der Waals surface area contributed by atoms with Crippen LogP contribution in [-0.2, 0) is 0 Å². The van der Waals surface area contributed by atoms with Crippen molar-refractivity contribution in [2.45, 2.75) is 26.9 Å². The molecule has 60 valence electrons. The maximum Gasteiger partial charge on any atom is 0.0769 e. The van der Waals surface area contributed by atoms with E-state index in [9.17, 15) is 5.11 Å². The molecule has 2 nitrogen and oxygen atoms in total. The summed E-state index contributed by atoms with van der Waals surface area (Å²) in [4.78, 5) is 0. The van der Waals surface area contributed by atoms with Crippen molar-refractivity contribution in [3.63, 3.8) is 0 Å². The van der Waals surface area contributed by atoms with Crippen molar-refractivity contribution < 1.29 is 10.2 Å². The minimum Gasteiger partial charge on any atom is -0.392 e. The van der Waals surface area contributed by atoms with Crippen molar-refractivity contribution in [2.75, 3.05) is 6.61 Å². The Balaban J connectivity index is 3.84. The summed E-state index contributed by atoms with van der Waals surface area (Å²) in [5, 5.41) is 17.7. The largest absolute Gasteiger partial charge is 0.392 e. The Labute approximate surface area is 62.2 Å². The van der Waals surface area contributed by atoms with E-state index in [0.29, 0.717) is 0 Å². The first kappa shape index (κ1) is 9.66. The first-order chi connectivity index (χ1) is 4.48. The van der Waals surface area contributed by atoms with Gasteiger partial charge in [-0.1, -0.05) is 32.9 Å². The van der Waals surface area contributed by atoms with Gasteiger partial charge < -0.3 is 10.2 Å². The van der Waals surface area contributed by atoms with Crippen LogP contribution in [0, 0.1) is 5.41 Å². The number of aliphatic hydroxyl groups is 2. The van der Waals surface area contributed by atoms with Gasteiger partial charge in [0.15, 0.2) is 0 Å². The summed E-state index contributed by atoms with van der Waals surface area (Å²) < 4.78 is 0. The van der Waals surface area contributed by atoms with Gasteiger partial charge in [-0.3, -0.25) is 0 Å². The maximum atomic E-state index is 9.32. The first-order valence-corrected chi connectivity index (χ1v) is 3.44. The molecule has 0 aliphatic heterocycles. The smallest absolute Gasteiger partial charge is 0.0769 e. The van der Waals surface area contributed by atoms with Gasteiger partial charge in [0.05, 0.1) is 12.7 Å². The lowest BCUT2D eigenvalue weighted by Crippen LogP contribution is -2.23. The lowest BCUT2D eigenvalue weighted by molar-refractivity contribution is 0.105. The van der Waals surface area contributed by atoms with Gasteiger partial charge in [-0.2, -0.15) is 0 Å². The Hall–Kier alpha value is -0.340. The molecule has 0 aromatic heterocycles. The summed E-state index contributed by atoms with van der Waals surface area (Å²) in [5.74, 6) is 0. The second-order valence-corrected chi connectivity index (χ2v) is 3.42. The third-order valence-corrected chi connectivity index (χ3v) is 1.31. The summed E-state index contributed by atoms with van der Waals surface area (Å²) in [6, 6.07) is 0. The van der Waals surface area contributed by atoms with E-state index in [-0.39, 0.29) is 12.0 Å². The lowest BCUT2D eigenvalue weighted by atomic mass is 9.89. The molecule has 0 fully saturated rings. The second kappa shape index (κ2) is 3.74. The summed E-state index contributed by atoms with van der Waals surface area (Å²) in [7, 11) is 0. The van der Waals surface area contributed by atoms with E-state index in [0.717, 1.165) is 0 Å². The fraction of sp³-hybridized carbons (Fsp3) is 0.750. The Morgan fingerprint density at radius 3 is 2.20 bits per heavy atom. The van der Waals surface area contributed by atoms with Gasteiger partial charge in [-0.05, 0) is 5.41 Å². The van der Waals surface area contributed by atoms with E-state index < -0.39 is 6.10 Å². The molecule has 0 aliphatic carbocycles. The molecule has 0 saturated heterocycles. The number of hydrogen-bond donors (Lipinski definition) is 2. The van der Waals surface area contributed by atoms with Crippen LogP contribution < -0.4 is 0 Å². The van der Waals surface area contributed by atoms with Crippen LogP contribution in [0.25, 0.3) is 0 Å². The quantitative estimate of drug-likeness (QED) is 0.566. The van der Waals surface area contributed by atoms with Crippen LogP contribution in [0.2, 0.25) is 0 Å².